The molecule has 0 bridgehead atoms. The summed E-state index contributed by atoms with van der Waals surface area (Å²) in [5, 5.41) is 0.795. The Hall–Kier alpha value is -1.92. The van der Waals surface area contributed by atoms with E-state index in [0.717, 1.165) is 45.3 Å². The van der Waals surface area contributed by atoms with E-state index in [2.05, 4.69) is 25.9 Å². The number of thiophene rings is 1. The molecule has 26 heavy (non-hydrogen) atoms. The zero-order valence-corrected chi connectivity index (χ0v) is 16.9. The van der Waals surface area contributed by atoms with Crippen molar-refractivity contribution >= 4 is 49.6 Å². The Morgan fingerprint density at radius 3 is 2.92 bits per heavy atom. The maximum atomic E-state index is 12.7. The monoisotopic (exact) mass is 430 g/mol. The Morgan fingerprint density at radius 2 is 2.08 bits per heavy atom. The first kappa shape index (κ1) is 17.5. The lowest BCUT2D eigenvalue weighted by molar-refractivity contribution is 0.414. The van der Waals surface area contributed by atoms with Gasteiger partial charge in [-0.25, -0.2) is 4.98 Å². The van der Waals surface area contributed by atoms with Crippen molar-refractivity contribution in [1.82, 2.24) is 9.97 Å². The molecule has 1 N–H and O–H groups in total. The lowest BCUT2D eigenvalue weighted by Crippen LogP contribution is -2.10. The summed E-state index contributed by atoms with van der Waals surface area (Å²) in [4.78, 5) is 22.5. The molecule has 0 spiro atoms. The highest BCUT2D eigenvalue weighted by Gasteiger charge is 2.18. The minimum atomic E-state index is -0.0322. The second-order valence-corrected chi connectivity index (χ2v) is 8.41. The van der Waals surface area contributed by atoms with E-state index in [1.54, 1.807) is 18.4 Å². The van der Waals surface area contributed by atoms with Gasteiger partial charge in [0.05, 0.1) is 12.5 Å². The van der Waals surface area contributed by atoms with Gasteiger partial charge >= 0.3 is 0 Å². The van der Waals surface area contributed by atoms with Crippen molar-refractivity contribution in [2.45, 2.75) is 32.1 Å². The molecular weight excluding hydrogens is 412 g/mol. The molecule has 0 aliphatic heterocycles. The van der Waals surface area contributed by atoms with Gasteiger partial charge in [-0.15, -0.1) is 11.3 Å². The van der Waals surface area contributed by atoms with Crippen LogP contribution in [0.1, 0.15) is 41.1 Å². The standard InChI is InChI=1S/C20H19BrN2O2S/c1-25-15-9-8-13(21)11-12(15)7-10-17-22-19(24)18-14-5-3-2-4-6-16(14)26-20(18)23-17/h7-11H,2-6H2,1H3,(H,22,23,24)/b10-7+. The first-order valence-electron chi connectivity index (χ1n) is 8.72. The minimum Gasteiger partial charge on any atom is -0.496 e. The molecule has 4 rings (SSSR count). The highest BCUT2D eigenvalue weighted by molar-refractivity contribution is 9.10. The second kappa shape index (κ2) is 7.37. The van der Waals surface area contributed by atoms with Crippen LogP contribution in [0.4, 0.5) is 0 Å². The van der Waals surface area contributed by atoms with Gasteiger partial charge < -0.3 is 9.72 Å². The fraction of sp³-hybridized carbons (Fsp3) is 0.300. The van der Waals surface area contributed by atoms with Crippen LogP contribution in [-0.4, -0.2) is 17.1 Å². The summed E-state index contributed by atoms with van der Waals surface area (Å²) in [6.07, 6.45) is 9.39. The van der Waals surface area contributed by atoms with Crippen LogP contribution >= 0.6 is 27.3 Å². The number of H-pyrrole nitrogens is 1. The van der Waals surface area contributed by atoms with E-state index in [-0.39, 0.29) is 5.56 Å². The van der Waals surface area contributed by atoms with Crippen LogP contribution in [0.5, 0.6) is 5.75 Å². The number of fused-ring (bicyclic) bond motifs is 3. The number of aryl methyl sites for hydroxylation is 2. The van der Waals surface area contributed by atoms with E-state index in [0.29, 0.717) is 5.82 Å². The van der Waals surface area contributed by atoms with Crippen LogP contribution in [-0.2, 0) is 12.8 Å². The number of aromatic nitrogens is 2. The fourth-order valence-electron chi connectivity index (χ4n) is 3.44. The zero-order valence-electron chi connectivity index (χ0n) is 14.5. The molecule has 1 aromatic carbocycles. The van der Waals surface area contributed by atoms with Crippen LogP contribution in [0.3, 0.4) is 0 Å². The second-order valence-electron chi connectivity index (χ2n) is 6.42. The van der Waals surface area contributed by atoms with Crippen LogP contribution in [0.2, 0.25) is 0 Å². The largest absolute Gasteiger partial charge is 0.496 e. The molecule has 0 radical (unpaired) electrons. The maximum absolute atomic E-state index is 12.7. The van der Waals surface area contributed by atoms with Gasteiger partial charge in [0.25, 0.3) is 5.56 Å². The molecule has 1 aliphatic rings. The quantitative estimate of drug-likeness (QED) is 0.581. The first-order valence-corrected chi connectivity index (χ1v) is 10.3. The molecule has 0 amide bonds. The smallest absolute Gasteiger partial charge is 0.260 e. The Labute approximate surface area is 164 Å². The molecule has 1 aliphatic carbocycles. The van der Waals surface area contributed by atoms with Crippen LogP contribution < -0.4 is 10.3 Å². The predicted molar refractivity (Wildman–Crippen MR) is 111 cm³/mol. The van der Waals surface area contributed by atoms with Crippen molar-refractivity contribution < 1.29 is 4.74 Å². The summed E-state index contributed by atoms with van der Waals surface area (Å²) in [6, 6.07) is 5.81. The van der Waals surface area contributed by atoms with E-state index in [1.165, 1.54) is 23.3 Å². The Bertz CT molecular complexity index is 1050. The molecule has 0 unspecified atom stereocenters. The SMILES string of the molecule is COc1ccc(Br)cc1/C=C/c1nc2sc3c(c2c(=O)[nH]1)CCCCC3. The van der Waals surface area contributed by atoms with E-state index >= 15 is 0 Å². The number of nitrogens with zero attached hydrogens (tertiary/aromatic N) is 1. The van der Waals surface area contributed by atoms with E-state index < -0.39 is 0 Å². The number of halogens is 1. The van der Waals surface area contributed by atoms with Crippen molar-refractivity contribution in [3.63, 3.8) is 0 Å². The Balaban J connectivity index is 1.74. The van der Waals surface area contributed by atoms with Crippen molar-refractivity contribution in [3.05, 3.63) is 54.9 Å². The third kappa shape index (κ3) is 3.35. The van der Waals surface area contributed by atoms with Gasteiger partial charge in [0.15, 0.2) is 0 Å². The first-order chi connectivity index (χ1) is 12.7. The normalized spacial score (nSPS) is 14.5. The average molecular weight is 431 g/mol. The number of nitrogens with one attached hydrogen (secondary N) is 1. The van der Waals surface area contributed by atoms with Gasteiger partial charge in [-0.3, -0.25) is 4.79 Å². The fourth-order valence-corrected chi connectivity index (χ4v) is 5.09. The molecular formula is C20H19BrN2O2S. The van der Waals surface area contributed by atoms with E-state index in [9.17, 15) is 4.79 Å². The summed E-state index contributed by atoms with van der Waals surface area (Å²) in [6.45, 7) is 0. The minimum absolute atomic E-state index is 0.0322. The van der Waals surface area contributed by atoms with Gasteiger partial charge in [-0.2, -0.15) is 0 Å². The van der Waals surface area contributed by atoms with Crippen molar-refractivity contribution in [2.24, 2.45) is 0 Å². The maximum Gasteiger partial charge on any atom is 0.260 e. The summed E-state index contributed by atoms with van der Waals surface area (Å²) >= 11 is 5.15. The van der Waals surface area contributed by atoms with Crippen molar-refractivity contribution in [2.75, 3.05) is 7.11 Å². The number of hydrogen-bond acceptors (Lipinski definition) is 4. The van der Waals surface area contributed by atoms with Crippen LogP contribution in [0.25, 0.3) is 22.4 Å². The molecule has 134 valence electrons. The zero-order chi connectivity index (χ0) is 18.1. The number of benzene rings is 1. The number of methoxy groups -OCH3 is 1. The Morgan fingerprint density at radius 1 is 1.23 bits per heavy atom. The lowest BCUT2D eigenvalue weighted by atomic mass is 10.1. The van der Waals surface area contributed by atoms with Gasteiger partial charge in [0.1, 0.15) is 16.4 Å². The number of aromatic amines is 1. The summed E-state index contributed by atoms with van der Waals surface area (Å²) in [7, 11) is 1.64. The summed E-state index contributed by atoms with van der Waals surface area (Å²) < 4.78 is 6.36. The number of ether oxygens (including phenoxy) is 1. The van der Waals surface area contributed by atoms with Crippen molar-refractivity contribution in [3.8, 4) is 5.75 Å². The molecule has 0 atom stereocenters. The molecule has 0 saturated carbocycles. The van der Waals surface area contributed by atoms with Gasteiger partial charge in [-0.05, 0) is 61.6 Å². The third-order valence-corrected chi connectivity index (χ3v) is 6.38. The van der Waals surface area contributed by atoms with Crippen LogP contribution in [0, 0.1) is 0 Å². The highest BCUT2D eigenvalue weighted by Crippen LogP contribution is 2.33. The summed E-state index contributed by atoms with van der Waals surface area (Å²) in [5.74, 6) is 1.34. The van der Waals surface area contributed by atoms with Crippen LogP contribution in [0.15, 0.2) is 27.5 Å². The molecule has 0 saturated heterocycles. The van der Waals surface area contributed by atoms with Crippen molar-refractivity contribution in [1.29, 1.82) is 0 Å². The topological polar surface area (TPSA) is 55.0 Å². The van der Waals surface area contributed by atoms with E-state index in [4.69, 9.17) is 4.74 Å². The Kier molecular flexibility index (Phi) is 4.96. The lowest BCUT2D eigenvalue weighted by Gasteiger charge is -2.04. The summed E-state index contributed by atoms with van der Waals surface area (Å²) in [5.41, 5.74) is 2.11. The predicted octanol–water partition coefficient (Wildman–Crippen LogP) is 5.20. The van der Waals surface area contributed by atoms with Gasteiger partial charge in [0.2, 0.25) is 0 Å². The third-order valence-electron chi connectivity index (χ3n) is 4.71. The molecule has 4 nitrogen and oxygen atoms in total. The van der Waals surface area contributed by atoms with Gasteiger partial charge in [-0.1, -0.05) is 22.4 Å². The molecule has 2 aromatic heterocycles. The molecule has 2 heterocycles. The number of hydrogen-bond donors (Lipinski definition) is 1. The highest BCUT2D eigenvalue weighted by atomic mass is 79.9. The number of rotatable bonds is 3. The van der Waals surface area contributed by atoms with Gasteiger partial charge in [0, 0.05) is 14.9 Å². The molecule has 0 fully saturated rings. The molecule has 3 aromatic rings. The molecule has 6 heteroatoms. The average Bonchev–Trinajstić information content (AvgIpc) is 2.82. The van der Waals surface area contributed by atoms with E-state index in [1.807, 2.05) is 30.4 Å².